The second-order valence-corrected chi connectivity index (χ2v) is 8.48. The minimum absolute atomic E-state index is 0.00303. The molecule has 0 bridgehead atoms. The Kier molecular flexibility index (Phi) is 5.51. The summed E-state index contributed by atoms with van der Waals surface area (Å²) < 4.78 is 40.3. The van der Waals surface area contributed by atoms with Crippen molar-refractivity contribution < 1.29 is 22.8 Å². The van der Waals surface area contributed by atoms with E-state index in [1.807, 2.05) is 47.0 Å². The lowest BCUT2D eigenvalue weighted by atomic mass is 9.79. The lowest BCUT2D eigenvalue weighted by molar-refractivity contribution is -0.187. The van der Waals surface area contributed by atoms with Crippen LogP contribution in [-0.2, 0) is 11.8 Å². The number of alkyl halides is 3. The van der Waals surface area contributed by atoms with E-state index in [2.05, 4.69) is 0 Å². The zero-order chi connectivity index (χ0) is 21.5. The molecule has 2 saturated heterocycles. The highest BCUT2D eigenvalue weighted by Gasteiger charge is 2.44. The molecule has 2 fully saturated rings. The average Bonchev–Trinajstić information content (AvgIpc) is 3.12. The van der Waals surface area contributed by atoms with Gasteiger partial charge in [0.25, 0.3) is 5.91 Å². The maximum absolute atomic E-state index is 12.9. The summed E-state index contributed by atoms with van der Waals surface area (Å²) in [5.74, 6) is -1.41. The highest BCUT2D eigenvalue weighted by molar-refractivity contribution is 5.98. The summed E-state index contributed by atoms with van der Waals surface area (Å²) in [6.45, 7) is 1.54. The number of benzene rings is 1. The number of piperidine rings is 2. The van der Waals surface area contributed by atoms with Gasteiger partial charge in [0.15, 0.2) is 0 Å². The summed E-state index contributed by atoms with van der Waals surface area (Å²) in [6.07, 6.45) is 0.114. The largest absolute Gasteiger partial charge is 0.471 e. The van der Waals surface area contributed by atoms with E-state index in [9.17, 15) is 22.8 Å². The molecule has 0 aliphatic carbocycles. The Bertz CT molecular complexity index is 945. The molecule has 0 N–H and O–H groups in total. The monoisotopic (exact) mass is 421 g/mol. The molecule has 5 nitrogen and oxygen atoms in total. The molecule has 2 aliphatic heterocycles. The van der Waals surface area contributed by atoms with E-state index < -0.39 is 12.1 Å². The van der Waals surface area contributed by atoms with E-state index in [4.69, 9.17) is 0 Å². The van der Waals surface area contributed by atoms with Crippen LogP contribution in [0, 0.1) is 11.8 Å². The van der Waals surface area contributed by atoms with Gasteiger partial charge in [0.05, 0.1) is 0 Å². The number of carbonyl (C=O) groups excluding carboxylic acids is 2. The van der Waals surface area contributed by atoms with E-state index in [0.717, 1.165) is 35.1 Å². The molecule has 2 amide bonds. The van der Waals surface area contributed by atoms with Crippen LogP contribution in [0.25, 0.3) is 10.9 Å². The average molecular weight is 421 g/mol. The van der Waals surface area contributed by atoms with Gasteiger partial charge < -0.3 is 14.4 Å². The molecule has 4 rings (SSSR count). The van der Waals surface area contributed by atoms with E-state index in [1.54, 1.807) is 0 Å². The Labute approximate surface area is 173 Å². The van der Waals surface area contributed by atoms with E-state index in [1.165, 1.54) is 0 Å². The number of likely N-dealkylation sites (tertiary alicyclic amines) is 2. The van der Waals surface area contributed by atoms with Crippen molar-refractivity contribution in [2.24, 2.45) is 18.9 Å². The third-order valence-corrected chi connectivity index (χ3v) is 6.61. The van der Waals surface area contributed by atoms with Gasteiger partial charge in [-0.2, -0.15) is 13.2 Å². The molecule has 1 aromatic heterocycles. The second-order valence-electron chi connectivity index (χ2n) is 8.48. The van der Waals surface area contributed by atoms with Crippen LogP contribution in [0.2, 0.25) is 0 Å². The van der Waals surface area contributed by atoms with Crippen molar-refractivity contribution in [1.82, 2.24) is 14.4 Å². The molecule has 1 atom stereocenters. The molecule has 8 heteroatoms. The molecule has 0 radical (unpaired) electrons. The number of hydrogen-bond acceptors (Lipinski definition) is 2. The molecule has 3 heterocycles. The number of hydrogen-bond donors (Lipinski definition) is 0. The zero-order valence-electron chi connectivity index (χ0n) is 17.0. The molecule has 2 aliphatic rings. The van der Waals surface area contributed by atoms with Crippen LogP contribution in [-0.4, -0.2) is 58.5 Å². The summed E-state index contributed by atoms with van der Waals surface area (Å²) in [5, 5.41) is 1.02. The van der Waals surface area contributed by atoms with Crippen molar-refractivity contribution in [3.63, 3.8) is 0 Å². The van der Waals surface area contributed by atoms with Crippen molar-refractivity contribution in [3.05, 3.63) is 36.0 Å². The number of nitrogens with zero attached hydrogens (tertiary/aromatic N) is 3. The van der Waals surface area contributed by atoms with Crippen LogP contribution in [0.4, 0.5) is 13.2 Å². The first-order valence-electron chi connectivity index (χ1n) is 10.4. The molecular weight excluding hydrogens is 395 g/mol. The molecule has 0 saturated carbocycles. The van der Waals surface area contributed by atoms with E-state index in [-0.39, 0.29) is 30.8 Å². The smallest absolute Gasteiger partial charge is 0.351 e. The van der Waals surface area contributed by atoms with Crippen molar-refractivity contribution in [2.45, 2.75) is 31.9 Å². The molecule has 0 spiro atoms. The fraction of sp³-hybridized carbons (Fsp3) is 0.545. The quantitative estimate of drug-likeness (QED) is 0.740. The van der Waals surface area contributed by atoms with Crippen molar-refractivity contribution in [2.75, 3.05) is 26.2 Å². The molecule has 2 aromatic rings. The lowest BCUT2D eigenvalue weighted by Crippen LogP contribution is -2.49. The molecule has 1 aromatic carbocycles. The maximum atomic E-state index is 12.9. The van der Waals surface area contributed by atoms with Gasteiger partial charge in [0, 0.05) is 55.9 Å². The first-order valence-corrected chi connectivity index (χ1v) is 10.4. The van der Waals surface area contributed by atoms with Gasteiger partial charge in [-0.1, -0.05) is 0 Å². The normalized spacial score (nSPS) is 21.3. The van der Waals surface area contributed by atoms with Crippen molar-refractivity contribution in [1.29, 1.82) is 0 Å². The fourth-order valence-corrected chi connectivity index (χ4v) is 4.93. The first-order chi connectivity index (χ1) is 14.2. The summed E-state index contributed by atoms with van der Waals surface area (Å²) in [4.78, 5) is 27.3. The molecule has 30 heavy (non-hydrogen) atoms. The third-order valence-electron chi connectivity index (χ3n) is 6.61. The molecular formula is C22H26F3N3O2. The summed E-state index contributed by atoms with van der Waals surface area (Å²) in [6, 6.07) is 7.68. The minimum atomic E-state index is -4.81. The Morgan fingerprint density at radius 2 is 1.70 bits per heavy atom. The Balaban J connectivity index is 1.36. The predicted molar refractivity (Wildman–Crippen MR) is 107 cm³/mol. The van der Waals surface area contributed by atoms with E-state index >= 15 is 0 Å². The van der Waals surface area contributed by atoms with Crippen molar-refractivity contribution in [3.8, 4) is 0 Å². The number of aromatic nitrogens is 1. The van der Waals surface area contributed by atoms with Gasteiger partial charge in [0.2, 0.25) is 0 Å². The fourth-order valence-electron chi connectivity index (χ4n) is 4.93. The van der Waals surface area contributed by atoms with Gasteiger partial charge in [-0.25, -0.2) is 0 Å². The van der Waals surface area contributed by atoms with Gasteiger partial charge in [-0.05, 0) is 61.8 Å². The number of amides is 2. The first kappa shape index (κ1) is 20.8. The third kappa shape index (κ3) is 4.04. The standard InChI is InChI=1S/C22H26F3N3O2/c1-26-10-6-16-13-17(4-5-19(16)26)20(29)27-11-7-15(8-12-27)18-3-2-9-28(14-18)21(30)22(23,24)25/h4-6,10,13,15,18H,2-3,7-9,11-12,14H2,1H3. The number of carbonyl (C=O) groups is 2. The number of fused-ring (bicyclic) bond motifs is 1. The molecule has 1 unspecified atom stereocenters. The van der Waals surface area contributed by atoms with E-state index in [0.29, 0.717) is 25.1 Å². The van der Waals surface area contributed by atoms with Crippen LogP contribution in [0.1, 0.15) is 36.0 Å². The van der Waals surface area contributed by atoms with Crippen LogP contribution in [0.5, 0.6) is 0 Å². The van der Waals surface area contributed by atoms with Crippen LogP contribution >= 0.6 is 0 Å². The minimum Gasteiger partial charge on any atom is -0.351 e. The highest BCUT2D eigenvalue weighted by atomic mass is 19.4. The summed E-state index contributed by atoms with van der Waals surface area (Å²) in [7, 11) is 1.96. The molecule has 162 valence electrons. The Morgan fingerprint density at radius 3 is 2.40 bits per heavy atom. The van der Waals surface area contributed by atoms with Crippen LogP contribution < -0.4 is 0 Å². The summed E-state index contributed by atoms with van der Waals surface area (Å²) >= 11 is 0. The lowest BCUT2D eigenvalue weighted by Gasteiger charge is -2.41. The summed E-state index contributed by atoms with van der Waals surface area (Å²) in [5.41, 5.74) is 1.73. The van der Waals surface area contributed by atoms with Gasteiger partial charge in [-0.15, -0.1) is 0 Å². The topological polar surface area (TPSA) is 45.6 Å². The predicted octanol–water partition coefficient (Wildman–Crippen LogP) is 3.83. The SMILES string of the molecule is Cn1ccc2cc(C(=O)N3CCC(C4CCCN(C(=O)C(F)(F)F)C4)CC3)ccc21. The van der Waals surface area contributed by atoms with Crippen LogP contribution in [0.3, 0.4) is 0 Å². The number of rotatable bonds is 2. The Morgan fingerprint density at radius 1 is 0.967 bits per heavy atom. The highest BCUT2D eigenvalue weighted by Crippen LogP contribution is 2.33. The number of halogens is 3. The maximum Gasteiger partial charge on any atom is 0.471 e. The Hall–Kier alpha value is -2.51. The van der Waals surface area contributed by atoms with Gasteiger partial charge >= 0.3 is 12.1 Å². The number of aryl methyl sites for hydroxylation is 1. The zero-order valence-corrected chi connectivity index (χ0v) is 17.0. The van der Waals surface area contributed by atoms with Gasteiger partial charge in [0.1, 0.15) is 0 Å². The van der Waals surface area contributed by atoms with Crippen LogP contribution in [0.15, 0.2) is 30.5 Å². The van der Waals surface area contributed by atoms with Gasteiger partial charge in [-0.3, -0.25) is 9.59 Å². The second kappa shape index (κ2) is 7.96. The van der Waals surface area contributed by atoms with Crippen molar-refractivity contribution >= 4 is 22.7 Å².